The van der Waals surface area contributed by atoms with Crippen molar-refractivity contribution in [1.82, 2.24) is 5.32 Å². The molecule has 68 heavy (non-hydrogen) atoms. The highest BCUT2D eigenvalue weighted by atomic mass is 31.2. The van der Waals surface area contributed by atoms with Crippen LogP contribution in [0.4, 0.5) is 0 Å². The van der Waals surface area contributed by atoms with Gasteiger partial charge >= 0.3 is 5.97 Å². The summed E-state index contributed by atoms with van der Waals surface area (Å²) in [5, 5.41) is 2.95. The second kappa shape index (κ2) is 47.6. The molecule has 0 bridgehead atoms. The second-order valence-electron chi connectivity index (χ2n) is 19.0. The van der Waals surface area contributed by atoms with E-state index in [1.165, 1.54) is 96.3 Å². The number of ether oxygens (including phenoxy) is 1. The maximum Gasteiger partial charge on any atom is 0.306 e. The Labute approximate surface area is 418 Å². The highest BCUT2D eigenvalue weighted by Crippen LogP contribution is 2.38. The number of likely N-dealkylation sites (N-methyl/N-ethyl adjacent to an activating group) is 1. The van der Waals surface area contributed by atoms with Gasteiger partial charge in [-0.3, -0.25) is 14.2 Å². The monoisotopic (exact) mass is 969 g/mol. The lowest BCUT2D eigenvalue weighted by atomic mass is 10.0. The minimum Gasteiger partial charge on any atom is -0.756 e. The van der Waals surface area contributed by atoms with Crippen molar-refractivity contribution < 1.29 is 37.3 Å². The molecule has 0 aliphatic rings. The van der Waals surface area contributed by atoms with Crippen molar-refractivity contribution in [2.45, 2.75) is 219 Å². The van der Waals surface area contributed by atoms with Crippen molar-refractivity contribution in [2.75, 3.05) is 40.9 Å². The molecule has 10 heteroatoms. The summed E-state index contributed by atoms with van der Waals surface area (Å²) in [4.78, 5) is 39.7. The highest BCUT2D eigenvalue weighted by Gasteiger charge is 2.27. The summed E-state index contributed by atoms with van der Waals surface area (Å²) in [5.41, 5.74) is 0. The number of allylic oxidation sites excluding steroid dienone is 15. The van der Waals surface area contributed by atoms with Crippen LogP contribution in [0.3, 0.4) is 0 Å². The molecule has 0 aromatic carbocycles. The maximum absolute atomic E-state index is 13.4. The summed E-state index contributed by atoms with van der Waals surface area (Å²) >= 11 is 0. The molecule has 0 aromatic heterocycles. The molecule has 3 atom stereocenters. The molecule has 0 rings (SSSR count). The fourth-order valence-electron chi connectivity index (χ4n) is 7.09. The molecule has 9 nitrogen and oxygen atoms in total. The van der Waals surface area contributed by atoms with Crippen LogP contribution < -0.4 is 10.2 Å². The molecule has 0 aliphatic heterocycles. The van der Waals surface area contributed by atoms with Crippen molar-refractivity contribution >= 4 is 19.7 Å². The number of hydrogen-bond donors (Lipinski definition) is 1. The van der Waals surface area contributed by atoms with Crippen LogP contribution in [0.25, 0.3) is 0 Å². The fraction of sp³-hybridized carbons (Fsp3) is 0.690. The van der Waals surface area contributed by atoms with Gasteiger partial charge in [0.25, 0.3) is 7.82 Å². The third-order valence-electron chi connectivity index (χ3n) is 11.3. The predicted molar refractivity (Wildman–Crippen MR) is 288 cm³/mol. The van der Waals surface area contributed by atoms with Crippen molar-refractivity contribution in [1.29, 1.82) is 0 Å². The van der Waals surface area contributed by atoms with E-state index in [0.29, 0.717) is 23.9 Å². The molecular weight excluding hydrogens is 868 g/mol. The smallest absolute Gasteiger partial charge is 0.306 e. The molecule has 0 saturated heterocycles. The molecule has 1 amide bonds. The Morgan fingerprint density at radius 2 is 0.941 bits per heavy atom. The number of rotatable bonds is 47. The van der Waals surface area contributed by atoms with Crippen molar-refractivity contribution in [3.05, 3.63) is 97.2 Å². The lowest BCUT2D eigenvalue weighted by Crippen LogP contribution is -2.47. The number of carbonyl (C=O) groups excluding carboxylic acids is 2. The number of nitrogens with one attached hydrogen (secondary N) is 1. The Balaban J connectivity index is 5.62. The molecule has 0 aromatic rings. The molecule has 0 saturated carbocycles. The number of phosphoric acid groups is 1. The van der Waals surface area contributed by atoms with E-state index in [4.69, 9.17) is 13.8 Å². The van der Waals surface area contributed by atoms with Crippen molar-refractivity contribution in [3.8, 4) is 0 Å². The van der Waals surface area contributed by atoms with E-state index in [0.717, 1.165) is 64.2 Å². The zero-order valence-electron chi connectivity index (χ0n) is 44.3. The summed E-state index contributed by atoms with van der Waals surface area (Å²) in [6, 6.07) is -0.954. The van der Waals surface area contributed by atoms with E-state index < -0.39 is 32.5 Å². The third kappa shape index (κ3) is 48.0. The van der Waals surface area contributed by atoms with Gasteiger partial charge in [0.15, 0.2) is 0 Å². The van der Waals surface area contributed by atoms with Crippen LogP contribution in [0.15, 0.2) is 97.2 Å². The van der Waals surface area contributed by atoms with Gasteiger partial charge in [-0.15, -0.1) is 0 Å². The standard InChI is InChI=1S/C58H101N2O7P/c1-7-10-13-16-19-22-25-28-29-30-33-35-38-41-44-47-50-57(61)59-55(54-66-68(63,64)65-53-52-60(4,5)6)56(49-46-43-40-37-34-31-26-23-20-17-14-11-8-2)67-58(62)51-48-45-42-39-36-32-27-24-21-18-15-12-9-3/h10,13,19,22,28-29,32-33,35-36,41-42,44-46,49,55-56H,7-9,11-12,14-18,20-21,23-27,30-31,34,37-40,43,47-48,50-54H2,1-6H3,(H-,59,61,63,64)/b13-10+,22-19+,29-28+,35-33+,36-32-,44-41+,45-42+,49-46+. The van der Waals surface area contributed by atoms with Gasteiger partial charge in [0.1, 0.15) is 19.3 Å². The normalized spacial score (nSPS) is 14.6. The summed E-state index contributed by atoms with van der Waals surface area (Å²) in [6.07, 6.45) is 62.6. The predicted octanol–water partition coefficient (Wildman–Crippen LogP) is 15.4. The average Bonchev–Trinajstić information content (AvgIpc) is 3.29. The zero-order chi connectivity index (χ0) is 50.1. The van der Waals surface area contributed by atoms with Gasteiger partial charge in [0.05, 0.1) is 33.8 Å². The van der Waals surface area contributed by atoms with E-state index in [1.807, 2.05) is 45.4 Å². The summed E-state index contributed by atoms with van der Waals surface area (Å²) < 4.78 is 30.0. The van der Waals surface area contributed by atoms with Crippen LogP contribution in [-0.2, 0) is 27.9 Å². The van der Waals surface area contributed by atoms with Gasteiger partial charge in [0, 0.05) is 12.8 Å². The fourth-order valence-corrected chi connectivity index (χ4v) is 7.81. The van der Waals surface area contributed by atoms with Crippen LogP contribution in [0.1, 0.15) is 207 Å². The number of amides is 1. The molecule has 3 unspecified atom stereocenters. The Kier molecular flexibility index (Phi) is 45.5. The van der Waals surface area contributed by atoms with Crippen LogP contribution in [0, 0.1) is 0 Å². The number of hydrogen-bond acceptors (Lipinski definition) is 7. The minimum absolute atomic E-state index is 0.0474. The maximum atomic E-state index is 13.4. The first kappa shape index (κ1) is 64.9. The van der Waals surface area contributed by atoms with E-state index >= 15 is 0 Å². The van der Waals surface area contributed by atoms with Gasteiger partial charge in [-0.25, -0.2) is 0 Å². The van der Waals surface area contributed by atoms with Gasteiger partial charge in [-0.1, -0.05) is 208 Å². The first-order valence-corrected chi connectivity index (χ1v) is 28.5. The molecular formula is C58H101N2O7P. The van der Waals surface area contributed by atoms with E-state index in [9.17, 15) is 19.0 Å². The van der Waals surface area contributed by atoms with Crippen LogP contribution in [-0.4, -0.2) is 69.4 Å². The molecule has 0 aliphatic carbocycles. The largest absolute Gasteiger partial charge is 0.756 e. The van der Waals surface area contributed by atoms with E-state index in [1.54, 1.807) is 6.08 Å². The average molecular weight is 969 g/mol. The Hall–Kier alpha value is -3.07. The SMILES string of the molecule is CC/C=C/C/C=C/C/C=C/C/C=C/C/C=C/CCC(=O)NC(COP(=O)([O-])OCC[N+](C)(C)C)C(/C=C/CCCCCCCCCCCCC)OC(=O)CC/C=C/C/C=C\CCCCCCCC. The highest BCUT2D eigenvalue weighted by molar-refractivity contribution is 7.45. The second-order valence-corrected chi connectivity index (χ2v) is 20.4. The Bertz CT molecular complexity index is 1490. The van der Waals surface area contributed by atoms with Crippen LogP contribution in [0.2, 0.25) is 0 Å². The van der Waals surface area contributed by atoms with Crippen LogP contribution >= 0.6 is 7.82 Å². The van der Waals surface area contributed by atoms with Crippen LogP contribution in [0.5, 0.6) is 0 Å². The number of esters is 1. The summed E-state index contributed by atoms with van der Waals surface area (Å²) in [5.74, 6) is -0.724. The lowest BCUT2D eigenvalue weighted by Gasteiger charge is -2.30. The molecule has 0 spiro atoms. The summed E-state index contributed by atoms with van der Waals surface area (Å²) in [6.45, 7) is 6.60. The molecule has 0 fully saturated rings. The molecule has 0 heterocycles. The van der Waals surface area contributed by atoms with Crippen molar-refractivity contribution in [3.63, 3.8) is 0 Å². The number of unbranched alkanes of at least 4 members (excludes halogenated alkanes) is 17. The Morgan fingerprint density at radius 3 is 1.41 bits per heavy atom. The number of nitrogens with zero attached hydrogens (tertiary/aromatic N) is 1. The Morgan fingerprint density at radius 1 is 0.529 bits per heavy atom. The number of quaternary nitrogens is 1. The quantitative estimate of drug-likeness (QED) is 0.0212. The topological polar surface area (TPSA) is 114 Å². The first-order valence-electron chi connectivity index (χ1n) is 27.0. The third-order valence-corrected chi connectivity index (χ3v) is 12.2. The molecule has 390 valence electrons. The number of carbonyl (C=O) groups is 2. The van der Waals surface area contributed by atoms with Gasteiger partial charge in [-0.2, -0.15) is 0 Å². The van der Waals surface area contributed by atoms with Gasteiger partial charge in [-0.05, 0) is 83.1 Å². The van der Waals surface area contributed by atoms with E-state index in [-0.39, 0.29) is 25.4 Å². The zero-order valence-corrected chi connectivity index (χ0v) is 45.2. The summed E-state index contributed by atoms with van der Waals surface area (Å²) in [7, 11) is 1.10. The number of phosphoric ester groups is 1. The molecule has 1 N–H and O–H groups in total. The van der Waals surface area contributed by atoms with Crippen molar-refractivity contribution in [2.24, 2.45) is 0 Å². The molecule has 0 radical (unpaired) electrons. The minimum atomic E-state index is -4.73. The van der Waals surface area contributed by atoms with Gasteiger partial charge < -0.3 is 28.5 Å². The van der Waals surface area contributed by atoms with Gasteiger partial charge in [0.2, 0.25) is 5.91 Å². The first-order chi connectivity index (χ1) is 32.9. The van der Waals surface area contributed by atoms with E-state index in [2.05, 4.69) is 92.9 Å². The lowest BCUT2D eigenvalue weighted by molar-refractivity contribution is -0.870.